The zero-order chi connectivity index (χ0) is 16.2. The van der Waals surface area contributed by atoms with E-state index in [1.165, 1.54) is 12.1 Å². The Hall–Kier alpha value is -2.17. The molecule has 1 unspecified atom stereocenters. The van der Waals surface area contributed by atoms with Crippen LogP contribution in [0, 0.1) is 5.82 Å². The summed E-state index contributed by atoms with van der Waals surface area (Å²) in [7, 11) is 0. The number of hydrogen-bond donors (Lipinski definition) is 0. The highest BCUT2D eigenvalue weighted by atomic mass is 19.1. The van der Waals surface area contributed by atoms with Gasteiger partial charge in [-0.1, -0.05) is 24.2 Å². The lowest BCUT2D eigenvalue weighted by Gasteiger charge is -2.23. The van der Waals surface area contributed by atoms with E-state index in [1.54, 1.807) is 12.1 Å². The molecule has 0 saturated carbocycles. The van der Waals surface area contributed by atoms with Gasteiger partial charge in [-0.05, 0) is 37.0 Å². The standard InChI is InChI=1S/C18H21FN2O2/c1-2-5-15-12-16(20-23-15)17-8-4-9-21(17)18(22)11-13-6-3-7-14(19)10-13/h3,6-7,10,12,17H,2,4-5,8-9,11H2,1H3. The predicted molar refractivity (Wildman–Crippen MR) is 84.3 cm³/mol. The number of benzene rings is 1. The molecule has 1 amide bonds. The van der Waals surface area contributed by atoms with Crippen molar-refractivity contribution in [2.75, 3.05) is 6.54 Å². The molecule has 0 aliphatic carbocycles. The van der Waals surface area contributed by atoms with Crippen molar-refractivity contribution >= 4 is 5.91 Å². The van der Waals surface area contributed by atoms with Gasteiger partial charge in [-0.25, -0.2) is 4.39 Å². The van der Waals surface area contributed by atoms with Crippen LogP contribution < -0.4 is 0 Å². The van der Waals surface area contributed by atoms with Crippen LogP contribution in [-0.2, 0) is 17.6 Å². The molecule has 0 spiro atoms. The van der Waals surface area contributed by atoms with Crippen LogP contribution in [0.5, 0.6) is 0 Å². The molecule has 122 valence electrons. The highest BCUT2D eigenvalue weighted by Gasteiger charge is 2.32. The van der Waals surface area contributed by atoms with Gasteiger partial charge in [0, 0.05) is 19.0 Å². The molecule has 3 rings (SSSR count). The summed E-state index contributed by atoms with van der Waals surface area (Å²) in [6.45, 7) is 2.81. The number of rotatable bonds is 5. The molecule has 1 fully saturated rings. The summed E-state index contributed by atoms with van der Waals surface area (Å²) in [6, 6.07) is 8.15. The average molecular weight is 316 g/mol. The van der Waals surface area contributed by atoms with Gasteiger partial charge in [0.05, 0.1) is 12.5 Å². The maximum absolute atomic E-state index is 13.3. The van der Waals surface area contributed by atoms with Gasteiger partial charge < -0.3 is 9.42 Å². The Kier molecular flexibility index (Phi) is 4.74. The molecule has 2 heterocycles. The zero-order valence-electron chi connectivity index (χ0n) is 13.3. The molecule has 2 aromatic rings. The van der Waals surface area contributed by atoms with Crippen LogP contribution >= 0.6 is 0 Å². The molecule has 4 nitrogen and oxygen atoms in total. The third-order valence-electron chi connectivity index (χ3n) is 4.23. The second-order valence-electron chi connectivity index (χ2n) is 6.02. The van der Waals surface area contributed by atoms with Gasteiger partial charge >= 0.3 is 0 Å². The number of likely N-dealkylation sites (tertiary alicyclic amines) is 1. The van der Waals surface area contributed by atoms with Crippen LogP contribution in [0.2, 0.25) is 0 Å². The molecule has 1 atom stereocenters. The summed E-state index contributed by atoms with van der Waals surface area (Å²) < 4.78 is 18.6. The molecule has 1 aromatic carbocycles. The summed E-state index contributed by atoms with van der Waals surface area (Å²) in [5.41, 5.74) is 1.53. The maximum Gasteiger partial charge on any atom is 0.227 e. The lowest BCUT2D eigenvalue weighted by atomic mass is 10.1. The highest BCUT2D eigenvalue weighted by molar-refractivity contribution is 5.79. The van der Waals surface area contributed by atoms with E-state index in [9.17, 15) is 9.18 Å². The van der Waals surface area contributed by atoms with Crippen molar-refractivity contribution < 1.29 is 13.7 Å². The number of aromatic nitrogens is 1. The molecule has 23 heavy (non-hydrogen) atoms. The first-order valence-corrected chi connectivity index (χ1v) is 8.16. The van der Waals surface area contributed by atoms with Gasteiger partial charge in [-0.3, -0.25) is 4.79 Å². The Labute approximate surface area is 135 Å². The van der Waals surface area contributed by atoms with Crippen LogP contribution in [0.25, 0.3) is 0 Å². The number of halogens is 1. The summed E-state index contributed by atoms with van der Waals surface area (Å²) in [4.78, 5) is 14.4. The Morgan fingerprint density at radius 1 is 1.43 bits per heavy atom. The van der Waals surface area contributed by atoms with Crippen LogP contribution in [-0.4, -0.2) is 22.5 Å². The second-order valence-corrected chi connectivity index (χ2v) is 6.02. The molecule has 1 aliphatic rings. The van der Waals surface area contributed by atoms with Crippen molar-refractivity contribution in [3.63, 3.8) is 0 Å². The van der Waals surface area contributed by atoms with Crippen molar-refractivity contribution in [3.05, 3.63) is 53.2 Å². The van der Waals surface area contributed by atoms with Gasteiger partial charge in [0.15, 0.2) is 0 Å². The molecule has 1 saturated heterocycles. The van der Waals surface area contributed by atoms with E-state index in [4.69, 9.17) is 4.52 Å². The molecule has 1 aliphatic heterocycles. The first-order valence-electron chi connectivity index (χ1n) is 8.16. The quantitative estimate of drug-likeness (QED) is 0.845. The summed E-state index contributed by atoms with van der Waals surface area (Å²) in [6.07, 6.45) is 3.93. The molecule has 1 aromatic heterocycles. The SMILES string of the molecule is CCCc1cc(C2CCCN2C(=O)Cc2cccc(F)c2)no1. The molecule has 5 heteroatoms. The Morgan fingerprint density at radius 3 is 3.09 bits per heavy atom. The van der Waals surface area contributed by atoms with Crippen molar-refractivity contribution in [2.24, 2.45) is 0 Å². The van der Waals surface area contributed by atoms with Gasteiger partial charge in [0.1, 0.15) is 17.3 Å². The summed E-state index contributed by atoms with van der Waals surface area (Å²) >= 11 is 0. The largest absolute Gasteiger partial charge is 0.361 e. The fourth-order valence-corrected chi connectivity index (χ4v) is 3.15. The predicted octanol–water partition coefficient (Wildman–Crippen LogP) is 3.67. The summed E-state index contributed by atoms with van der Waals surface area (Å²) in [5, 5.41) is 4.14. The Balaban J connectivity index is 1.71. The van der Waals surface area contributed by atoms with Crippen molar-refractivity contribution in [2.45, 2.75) is 45.1 Å². The van der Waals surface area contributed by atoms with E-state index < -0.39 is 0 Å². The smallest absolute Gasteiger partial charge is 0.227 e. The summed E-state index contributed by atoms with van der Waals surface area (Å²) in [5.74, 6) is 0.569. The van der Waals surface area contributed by atoms with Crippen LogP contribution in [0.3, 0.4) is 0 Å². The van der Waals surface area contributed by atoms with E-state index in [1.807, 2.05) is 11.0 Å². The van der Waals surface area contributed by atoms with Crippen LogP contribution in [0.1, 0.15) is 49.2 Å². The third kappa shape index (κ3) is 3.60. The number of aryl methyl sites for hydroxylation is 1. The monoisotopic (exact) mass is 316 g/mol. The molecule has 0 radical (unpaired) electrons. The molecule has 0 bridgehead atoms. The first-order chi connectivity index (χ1) is 11.2. The fraction of sp³-hybridized carbons (Fsp3) is 0.444. The van der Waals surface area contributed by atoms with E-state index in [0.717, 1.165) is 43.7 Å². The van der Waals surface area contributed by atoms with Gasteiger partial charge in [0.2, 0.25) is 5.91 Å². The Morgan fingerprint density at radius 2 is 2.30 bits per heavy atom. The van der Waals surface area contributed by atoms with E-state index in [2.05, 4.69) is 12.1 Å². The topological polar surface area (TPSA) is 46.3 Å². The third-order valence-corrected chi connectivity index (χ3v) is 4.23. The van der Waals surface area contributed by atoms with Crippen LogP contribution in [0.15, 0.2) is 34.9 Å². The van der Waals surface area contributed by atoms with Gasteiger partial charge in [-0.15, -0.1) is 0 Å². The van der Waals surface area contributed by atoms with Crippen LogP contribution in [0.4, 0.5) is 4.39 Å². The minimum absolute atomic E-state index is 0.0122. The zero-order valence-corrected chi connectivity index (χ0v) is 13.3. The average Bonchev–Trinajstić information content (AvgIpc) is 3.16. The minimum atomic E-state index is -0.311. The number of hydrogen-bond acceptors (Lipinski definition) is 3. The van der Waals surface area contributed by atoms with Gasteiger partial charge in [-0.2, -0.15) is 0 Å². The fourth-order valence-electron chi connectivity index (χ4n) is 3.15. The van der Waals surface area contributed by atoms with E-state index >= 15 is 0 Å². The maximum atomic E-state index is 13.3. The minimum Gasteiger partial charge on any atom is -0.361 e. The number of amides is 1. The van der Waals surface area contributed by atoms with Gasteiger partial charge in [0.25, 0.3) is 0 Å². The van der Waals surface area contributed by atoms with E-state index in [-0.39, 0.29) is 24.2 Å². The molecular weight excluding hydrogens is 295 g/mol. The lowest BCUT2D eigenvalue weighted by Crippen LogP contribution is -2.32. The number of nitrogens with zero attached hydrogens (tertiary/aromatic N) is 2. The second kappa shape index (κ2) is 6.94. The number of carbonyl (C=O) groups excluding carboxylic acids is 1. The normalized spacial score (nSPS) is 17.7. The highest BCUT2D eigenvalue weighted by Crippen LogP contribution is 2.32. The van der Waals surface area contributed by atoms with Crippen molar-refractivity contribution in [1.29, 1.82) is 0 Å². The molecular formula is C18H21FN2O2. The molecule has 0 N–H and O–H groups in total. The Bertz CT molecular complexity index is 683. The first kappa shape index (κ1) is 15.7. The van der Waals surface area contributed by atoms with E-state index in [0.29, 0.717) is 5.56 Å². The van der Waals surface area contributed by atoms with Crippen molar-refractivity contribution in [1.82, 2.24) is 10.1 Å². The number of carbonyl (C=O) groups is 1. The van der Waals surface area contributed by atoms with Crippen molar-refractivity contribution in [3.8, 4) is 0 Å². The lowest BCUT2D eigenvalue weighted by molar-refractivity contribution is -0.131.